The van der Waals surface area contributed by atoms with Crippen molar-refractivity contribution in [2.75, 3.05) is 4.90 Å². The number of hydrogen-bond acceptors (Lipinski definition) is 3. The molecule has 3 heteroatoms. The highest BCUT2D eigenvalue weighted by atomic mass is 16.5. The van der Waals surface area contributed by atoms with E-state index < -0.39 is 10.8 Å². The van der Waals surface area contributed by atoms with Crippen LogP contribution in [0.3, 0.4) is 0 Å². The third-order valence-corrected chi connectivity index (χ3v) is 16.8. The number of para-hydroxylation sites is 5. The third kappa shape index (κ3) is 6.14. The highest BCUT2D eigenvalue weighted by Gasteiger charge is 2.53. The number of ether oxygens (including phenoxy) is 2. The molecule has 12 aromatic rings. The molecule has 0 N–H and O–H groups in total. The van der Waals surface area contributed by atoms with Gasteiger partial charge in [0.2, 0.25) is 0 Å². The Morgan fingerprint density at radius 3 is 1.29 bits per heavy atom. The zero-order valence-electron chi connectivity index (χ0n) is 41.9. The number of nitrogens with zero attached hydrogens (tertiary/aromatic N) is 1. The van der Waals surface area contributed by atoms with Gasteiger partial charge in [-0.05, 0) is 133 Å². The second-order valence-electron chi connectivity index (χ2n) is 20.6. The minimum Gasteiger partial charge on any atom is -0.457 e. The molecule has 0 fully saturated rings. The topological polar surface area (TPSA) is 21.7 Å². The van der Waals surface area contributed by atoms with Crippen molar-refractivity contribution in [3.63, 3.8) is 0 Å². The van der Waals surface area contributed by atoms with Gasteiger partial charge in [-0.2, -0.15) is 0 Å². The van der Waals surface area contributed by atoms with E-state index in [1.165, 1.54) is 61.2 Å². The lowest BCUT2D eigenvalue weighted by Gasteiger charge is -2.39. The molecule has 0 atom stereocenters. The summed E-state index contributed by atoms with van der Waals surface area (Å²) in [5, 5.41) is 0. The van der Waals surface area contributed by atoms with Gasteiger partial charge in [0.15, 0.2) is 0 Å². The second kappa shape index (κ2) is 16.8. The zero-order valence-corrected chi connectivity index (χ0v) is 41.9. The Kier molecular flexibility index (Phi) is 9.47. The number of hydrogen-bond donors (Lipinski definition) is 0. The van der Waals surface area contributed by atoms with Crippen molar-refractivity contribution < 1.29 is 9.47 Å². The van der Waals surface area contributed by atoms with Gasteiger partial charge < -0.3 is 14.4 Å². The maximum Gasteiger partial charge on any atom is 0.132 e. The van der Waals surface area contributed by atoms with Crippen molar-refractivity contribution >= 4 is 17.1 Å². The van der Waals surface area contributed by atoms with Gasteiger partial charge in [0.1, 0.15) is 23.0 Å². The summed E-state index contributed by atoms with van der Waals surface area (Å²) in [5.74, 6) is 3.56. The molecule has 0 saturated carbocycles. The van der Waals surface area contributed by atoms with Crippen LogP contribution in [-0.4, -0.2) is 0 Å². The van der Waals surface area contributed by atoms with E-state index in [-0.39, 0.29) is 0 Å². The smallest absolute Gasteiger partial charge is 0.132 e. The highest BCUT2D eigenvalue weighted by Crippen LogP contribution is 2.65. The van der Waals surface area contributed by atoms with Gasteiger partial charge in [-0.3, -0.25) is 0 Å². The SMILES string of the molecule is c1ccc(-c2ccc(N(c3cccc(-c4ccc5c(c4)-c4ccccc4C54c5ccccc5Oc5ccccc54)c3)c3ccccc3-c3cccc4c3-c3ccccc3C43c4ccccc4Oc4ccccc43)cc2)cc1. The van der Waals surface area contributed by atoms with Gasteiger partial charge in [0.25, 0.3) is 0 Å². The van der Waals surface area contributed by atoms with Crippen molar-refractivity contribution in [3.05, 3.63) is 330 Å². The molecular formula is C74H47NO2. The van der Waals surface area contributed by atoms with Crippen LogP contribution in [0.5, 0.6) is 23.0 Å². The molecular weight excluding hydrogens is 935 g/mol. The van der Waals surface area contributed by atoms with Crippen LogP contribution in [-0.2, 0) is 10.8 Å². The van der Waals surface area contributed by atoms with Gasteiger partial charge in [-0.25, -0.2) is 0 Å². The number of fused-ring (bicyclic) bond motifs is 18. The zero-order chi connectivity index (χ0) is 50.7. The van der Waals surface area contributed by atoms with E-state index in [1.54, 1.807) is 0 Å². The minimum atomic E-state index is -0.586. The van der Waals surface area contributed by atoms with Crippen LogP contribution in [0, 0.1) is 0 Å². The van der Waals surface area contributed by atoms with Crippen molar-refractivity contribution in [2.24, 2.45) is 0 Å². The molecule has 77 heavy (non-hydrogen) atoms. The summed E-state index contributed by atoms with van der Waals surface area (Å²) in [5.41, 5.74) is 23.7. The van der Waals surface area contributed by atoms with E-state index in [0.29, 0.717) is 0 Å². The summed E-state index contributed by atoms with van der Waals surface area (Å²) in [6.07, 6.45) is 0. The van der Waals surface area contributed by atoms with E-state index in [1.807, 2.05) is 0 Å². The Labute approximate surface area is 448 Å². The fourth-order valence-electron chi connectivity index (χ4n) is 13.7. The second-order valence-corrected chi connectivity index (χ2v) is 20.6. The average molecular weight is 982 g/mol. The van der Waals surface area contributed by atoms with E-state index in [9.17, 15) is 0 Å². The van der Waals surface area contributed by atoms with Crippen LogP contribution in [0.25, 0.3) is 55.6 Å². The molecule has 2 aliphatic heterocycles. The molecule has 2 spiro atoms. The first-order valence-electron chi connectivity index (χ1n) is 26.6. The van der Waals surface area contributed by atoms with Gasteiger partial charge >= 0.3 is 0 Å². The summed E-state index contributed by atoms with van der Waals surface area (Å²) in [6, 6.07) is 104. The van der Waals surface area contributed by atoms with Crippen LogP contribution >= 0.6 is 0 Å². The summed E-state index contributed by atoms with van der Waals surface area (Å²) in [6.45, 7) is 0. The molecule has 3 nitrogen and oxygen atoms in total. The molecule has 0 radical (unpaired) electrons. The number of rotatable bonds is 6. The van der Waals surface area contributed by atoms with Crippen LogP contribution in [0.2, 0.25) is 0 Å². The fourth-order valence-corrected chi connectivity index (χ4v) is 13.7. The predicted octanol–water partition coefficient (Wildman–Crippen LogP) is 19.1. The normalized spacial score (nSPS) is 13.9. The van der Waals surface area contributed by atoms with E-state index >= 15 is 0 Å². The Morgan fingerprint density at radius 2 is 0.649 bits per heavy atom. The standard InChI is InChI=1S/C74H47NO2/c1-2-20-48(21-3-1)49-40-43-52(44-41-49)75(53-23-18-22-50(46-53)51-42-45-61-58(47-51)54-24-4-7-28-59(54)73(61)62-30-9-14-36-68(62)76-69-37-15-10-31-63(69)73)67-35-13-6-25-55(67)56-27-19-34-66-72(56)57-26-5-8-29-60(57)74(66)64-32-11-16-38-70(64)77-71-39-17-12-33-65(71)74/h1-47H. The van der Waals surface area contributed by atoms with Gasteiger partial charge in [0.05, 0.1) is 16.5 Å². The Morgan fingerprint density at radius 1 is 0.234 bits per heavy atom. The van der Waals surface area contributed by atoms with E-state index in [4.69, 9.17) is 9.47 Å². The van der Waals surface area contributed by atoms with Gasteiger partial charge in [0, 0.05) is 39.2 Å². The summed E-state index contributed by atoms with van der Waals surface area (Å²) in [7, 11) is 0. The lowest BCUT2D eigenvalue weighted by atomic mass is 9.66. The summed E-state index contributed by atoms with van der Waals surface area (Å²) >= 11 is 0. The van der Waals surface area contributed by atoms with Crippen molar-refractivity contribution in [1.82, 2.24) is 0 Å². The third-order valence-electron chi connectivity index (χ3n) is 16.8. The minimum absolute atomic E-state index is 0.528. The first-order valence-corrected chi connectivity index (χ1v) is 26.6. The molecule has 360 valence electrons. The molecule has 0 unspecified atom stereocenters. The van der Waals surface area contributed by atoms with Gasteiger partial charge in [-0.1, -0.05) is 224 Å². The first-order chi connectivity index (χ1) is 38.2. The number of anilines is 3. The molecule has 0 saturated heterocycles. The van der Waals surface area contributed by atoms with Crippen molar-refractivity contribution in [1.29, 1.82) is 0 Å². The molecule has 0 amide bonds. The fraction of sp³-hybridized carbons (Fsp3) is 0.0270. The Balaban J connectivity index is 0.886. The highest BCUT2D eigenvalue weighted by molar-refractivity contribution is 6.01. The van der Waals surface area contributed by atoms with E-state index in [2.05, 4.69) is 290 Å². The molecule has 2 heterocycles. The molecule has 16 rings (SSSR count). The maximum atomic E-state index is 6.71. The average Bonchev–Trinajstić information content (AvgIpc) is 4.05. The van der Waals surface area contributed by atoms with Crippen LogP contribution < -0.4 is 14.4 Å². The summed E-state index contributed by atoms with van der Waals surface area (Å²) < 4.78 is 13.4. The van der Waals surface area contributed by atoms with Gasteiger partial charge in [-0.15, -0.1) is 0 Å². The summed E-state index contributed by atoms with van der Waals surface area (Å²) in [4.78, 5) is 2.45. The van der Waals surface area contributed by atoms with Crippen LogP contribution in [0.1, 0.15) is 44.5 Å². The molecule has 0 bridgehead atoms. The first kappa shape index (κ1) is 43.4. The monoisotopic (exact) mass is 981 g/mol. The predicted molar refractivity (Wildman–Crippen MR) is 312 cm³/mol. The number of benzene rings is 12. The lowest BCUT2D eigenvalue weighted by Crippen LogP contribution is -2.32. The molecule has 12 aromatic carbocycles. The quantitative estimate of drug-likeness (QED) is 0.166. The van der Waals surface area contributed by atoms with E-state index in [0.717, 1.165) is 79.0 Å². The van der Waals surface area contributed by atoms with Crippen LogP contribution in [0.4, 0.5) is 17.1 Å². The Bertz CT molecular complexity index is 4270. The molecule has 4 aliphatic rings. The Hall–Kier alpha value is -9.96. The van der Waals surface area contributed by atoms with Crippen molar-refractivity contribution in [3.8, 4) is 78.6 Å². The van der Waals surface area contributed by atoms with Crippen molar-refractivity contribution in [2.45, 2.75) is 10.8 Å². The molecule has 0 aromatic heterocycles. The largest absolute Gasteiger partial charge is 0.457 e. The van der Waals surface area contributed by atoms with Crippen LogP contribution in [0.15, 0.2) is 285 Å². The maximum absolute atomic E-state index is 6.71. The molecule has 2 aliphatic carbocycles. The lowest BCUT2D eigenvalue weighted by molar-refractivity contribution is 0.436.